The van der Waals surface area contributed by atoms with E-state index in [1.807, 2.05) is 0 Å². The predicted octanol–water partition coefficient (Wildman–Crippen LogP) is -5.27. The van der Waals surface area contributed by atoms with Gasteiger partial charge < -0.3 is 46.2 Å². The van der Waals surface area contributed by atoms with E-state index in [4.69, 9.17) is 25.5 Å². The number of hydrogen-bond donors (Lipinski definition) is 9. The molecule has 19 heavy (non-hydrogen) atoms. The largest absolute Gasteiger partial charge is 0.394 e. The van der Waals surface area contributed by atoms with Crippen molar-refractivity contribution in [3.8, 4) is 0 Å². The van der Waals surface area contributed by atoms with Crippen molar-refractivity contribution in [1.82, 2.24) is 5.32 Å². The molecule has 0 aliphatic carbocycles. The van der Waals surface area contributed by atoms with Crippen LogP contribution < -0.4 is 5.32 Å². The van der Waals surface area contributed by atoms with Gasteiger partial charge in [-0.15, -0.1) is 0 Å². The predicted molar refractivity (Wildman–Crippen MR) is 63.1 cm³/mol. The first-order chi connectivity index (χ1) is 8.87. The van der Waals surface area contributed by atoms with E-state index in [1.54, 1.807) is 0 Å². The molecule has 0 rings (SSSR count). The van der Waals surface area contributed by atoms with Crippen molar-refractivity contribution in [2.24, 2.45) is 0 Å². The van der Waals surface area contributed by atoms with E-state index >= 15 is 0 Å². The number of nitrogens with one attached hydrogen (secondary N) is 1. The van der Waals surface area contributed by atoms with Gasteiger partial charge in [0.2, 0.25) is 0 Å². The monoisotopic (exact) mass is 285 g/mol. The summed E-state index contributed by atoms with van der Waals surface area (Å²) >= 11 is 0. The van der Waals surface area contributed by atoms with Crippen molar-refractivity contribution in [2.75, 3.05) is 33.0 Å². The van der Waals surface area contributed by atoms with Gasteiger partial charge in [0, 0.05) is 6.54 Å². The quantitative estimate of drug-likeness (QED) is 0.190. The summed E-state index contributed by atoms with van der Waals surface area (Å²) in [5.41, 5.74) is -1.43. The molecule has 0 aromatic heterocycles. The summed E-state index contributed by atoms with van der Waals surface area (Å²) in [5, 5.41) is 75.6. The van der Waals surface area contributed by atoms with Gasteiger partial charge in [0.25, 0.3) is 0 Å². The fourth-order valence-corrected chi connectivity index (χ4v) is 1.32. The third-order valence-electron chi connectivity index (χ3n) is 2.92. The van der Waals surface area contributed by atoms with E-state index in [2.05, 4.69) is 5.32 Å². The molecule has 0 aromatic carbocycles. The first kappa shape index (κ1) is 18.6. The molecule has 0 saturated carbocycles. The van der Waals surface area contributed by atoms with Crippen LogP contribution in [0.15, 0.2) is 0 Å². The SMILES string of the molecule is OC[C@H](O)[C@@H](O)[C@H](O)[C@H](O)CNC(CO)(CO)CO. The molecule has 0 aliphatic rings. The maximum Gasteiger partial charge on any atom is 0.111 e. The molecule has 0 radical (unpaired) electrons. The average molecular weight is 285 g/mol. The zero-order valence-corrected chi connectivity index (χ0v) is 10.4. The molecule has 0 saturated heterocycles. The van der Waals surface area contributed by atoms with Crippen LogP contribution in [0.25, 0.3) is 0 Å². The Morgan fingerprint density at radius 1 is 0.737 bits per heavy atom. The summed E-state index contributed by atoms with van der Waals surface area (Å²) in [7, 11) is 0. The topological polar surface area (TPSA) is 174 Å². The van der Waals surface area contributed by atoms with Crippen molar-refractivity contribution in [3.05, 3.63) is 0 Å². The van der Waals surface area contributed by atoms with Crippen LogP contribution in [0.5, 0.6) is 0 Å². The minimum Gasteiger partial charge on any atom is -0.394 e. The summed E-state index contributed by atoms with van der Waals surface area (Å²) in [5.74, 6) is 0. The maximum absolute atomic E-state index is 9.57. The van der Waals surface area contributed by atoms with Crippen LogP contribution in [0.2, 0.25) is 0 Å². The van der Waals surface area contributed by atoms with Crippen LogP contribution in [0.3, 0.4) is 0 Å². The molecule has 0 heterocycles. The van der Waals surface area contributed by atoms with Crippen molar-refractivity contribution < 1.29 is 40.9 Å². The minimum atomic E-state index is -1.76. The van der Waals surface area contributed by atoms with Gasteiger partial charge in [0.15, 0.2) is 0 Å². The second-order valence-corrected chi connectivity index (χ2v) is 4.43. The minimum absolute atomic E-state index is 0.363. The number of aliphatic hydroxyl groups excluding tert-OH is 8. The molecule has 0 bridgehead atoms. The van der Waals surface area contributed by atoms with Crippen molar-refractivity contribution in [2.45, 2.75) is 30.0 Å². The van der Waals surface area contributed by atoms with Gasteiger partial charge in [-0.3, -0.25) is 0 Å². The Morgan fingerprint density at radius 2 is 1.16 bits per heavy atom. The molecule has 0 aliphatic heterocycles. The van der Waals surface area contributed by atoms with Gasteiger partial charge >= 0.3 is 0 Å². The smallest absolute Gasteiger partial charge is 0.111 e. The standard InChI is InChI=1S/C10H23NO8/c12-2-7(17)9(19)8(18)6(16)1-11-10(3-13,4-14)5-15/h6-9,11-19H,1-5H2/t6-,7+,8-,9-/m1/s1. The van der Waals surface area contributed by atoms with Gasteiger partial charge in [-0.2, -0.15) is 0 Å². The van der Waals surface area contributed by atoms with Crippen LogP contribution in [-0.2, 0) is 0 Å². The van der Waals surface area contributed by atoms with Gasteiger partial charge in [-0.05, 0) is 0 Å². The Bertz CT molecular complexity index is 229. The maximum atomic E-state index is 9.57. The molecule has 116 valence electrons. The highest BCUT2D eigenvalue weighted by Crippen LogP contribution is 2.07. The van der Waals surface area contributed by atoms with E-state index < -0.39 is 56.4 Å². The van der Waals surface area contributed by atoms with Gasteiger partial charge in [0.05, 0.1) is 38.1 Å². The Hall–Kier alpha value is -0.360. The van der Waals surface area contributed by atoms with Crippen molar-refractivity contribution in [3.63, 3.8) is 0 Å². The van der Waals surface area contributed by atoms with Gasteiger partial charge in [0.1, 0.15) is 18.3 Å². The summed E-state index contributed by atoms with van der Waals surface area (Å²) < 4.78 is 0. The highest BCUT2D eigenvalue weighted by Gasteiger charge is 2.33. The molecule has 9 heteroatoms. The summed E-state index contributed by atoms with van der Waals surface area (Å²) in [6.07, 6.45) is -6.65. The molecular formula is C10H23NO8. The second-order valence-electron chi connectivity index (χ2n) is 4.43. The Balaban J connectivity index is 4.40. The summed E-state index contributed by atoms with van der Waals surface area (Å²) in [4.78, 5) is 0. The van der Waals surface area contributed by atoms with Gasteiger partial charge in [-0.1, -0.05) is 0 Å². The lowest BCUT2D eigenvalue weighted by atomic mass is 10.00. The second kappa shape index (κ2) is 8.74. The lowest BCUT2D eigenvalue weighted by Crippen LogP contribution is -2.59. The molecule has 9 nitrogen and oxygen atoms in total. The van der Waals surface area contributed by atoms with E-state index in [0.29, 0.717) is 0 Å². The molecule has 9 N–H and O–H groups in total. The molecule has 0 unspecified atom stereocenters. The number of hydrogen-bond acceptors (Lipinski definition) is 9. The summed E-state index contributed by atoms with van der Waals surface area (Å²) in [6.45, 7) is -2.97. The van der Waals surface area contributed by atoms with Crippen LogP contribution in [0, 0.1) is 0 Å². The Labute approximate surface area is 110 Å². The highest BCUT2D eigenvalue weighted by atomic mass is 16.4. The zero-order valence-electron chi connectivity index (χ0n) is 10.4. The van der Waals surface area contributed by atoms with Crippen LogP contribution in [0.1, 0.15) is 0 Å². The third-order valence-corrected chi connectivity index (χ3v) is 2.92. The third kappa shape index (κ3) is 5.26. The van der Waals surface area contributed by atoms with E-state index in [0.717, 1.165) is 0 Å². The van der Waals surface area contributed by atoms with E-state index in [1.165, 1.54) is 0 Å². The molecular weight excluding hydrogens is 262 g/mol. The average Bonchev–Trinajstić information content (AvgIpc) is 2.46. The summed E-state index contributed by atoms with van der Waals surface area (Å²) in [6, 6.07) is 0. The van der Waals surface area contributed by atoms with Crippen LogP contribution in [-0.4, -0.2) is 104 Å². The van der Waals surface area contributed by atoms with E-state index in [9.17, 15) is 15.3 Å². The van der Waals surface area contributed by atoms with Crippen molar-refractivity contribution >= 4 is 0 Å². The number of aliphatic hydroxyl groups is 8. The fourth-order valence-electron chi connectivity index (χ4n) is 1.32. The fraction of sp³-hybridized carbons (Fsp3) is 1.00. The van der Waals surface area contributed by atoms with E-state index in [-0.39, 0.29) is 6.54 Å². The van der Waals surface area contributed by atoms with Crippen LogP contribution in [0.4, 0.5) is 0 Å². The normalized spacial score (nSPS) is 18.9. The Morgan fingerprint density at radius 3 is 1.53 bits per heavy atom. The molecule has 0 amide bonds. The van der Waals surface area contributed by atoms with Crippen LogP contribution >= 0.6 is 0 Å². The lowest BCUT2D eigenvalue weighted by Gasteiger charge is -2.32. The Kier molecular flexibility index (Phi) is 8.57. The molecule has 0 spiro atoms. The molecule has 0 fully saturated rings. The number of rotatable bonds is 10. The first-order valence-corrected chi connectivity index (χ1v) is 5.78. The van der Waals surface area contributed by atoms with Crippen molar-refractivity contribution in [1.29, 1.82) is 0 Å². The van der Waals surface area contributed by atoms with Gasteiger partial charge in [-0.25, -0.2) is 0 Å². The molecule has 4 atom stereocenters. The molecule has 0 aromatic rings. The number of β-amino-alcohol motifs (C(OH)–C–C–N with tert-alkyl or cyclic N) is 1. The highest BCUT2D eigenvalue weighted by molar-refractivity contribution is 4.89. The zero-order chi connectivity index (χ0) is 15.1. The lowest BCUT2D eigenvalue weighted by molar-refractivity contribution is -0.116. The first-order valence-electron chi connectivity index (χ1n) is 5.78.